The van der Waals surface area contributed by atoms with E-state index in [2.05, 4.69) is 15.3 Å². The summed E-state index contributed by atoms with van der Waals surface area (Å²) in [6.45, 7) is 0. The molecule has 94 valence electrons. The van der Waals surface area contributed by atoms with Gasteiger partial charge in [0.2, 0.25) is 0 Å². The highest BCUT2D eigenvalue weighted by atomic mass is 16.1. The standard InChI is InChI=1S/C14H12N4O/c1-18-5-4-10-6-11(2-3-13(10)18)14(19)17-12-7-15-9-16-8-12/h2-9H,1H3,(H,17,19). The van der Waals surface area contributed by atoms with E-state index in [1.165, 1.54) is 6.33 Å². The van der Waals surface area contributed by atoms with Gasteiger partial charge in [0.15, 0.2) is 0 Å². The van der Waals surface area contributed by atoms with Gasteiger partial charge in [-0.25, -0.2) is 9.97 Å². The largest absolute Gasteiger partial charge is 0.351 e. The highest BCUT2D eigenvalue weighted by Crippen LogP contribution is 2.17. The third kappa shape index (κ3) is 2.18. The van der Waals surface area contributed by atoms with Crippen molar-refractivity contribution in [3.8, 4) is 0 Å². The van der Waals surface area contributed by atoms with E-state index in [4.69, 9.17) is 0 Å². The molecule has 0 atom stereocenters. The van der Waals surface area contributed by atoms with Gasteiger partial charge < -0.3 is 9.88 Å². The van der Waals surface area contributed by atoms with Crippen LogP contribution in [0.3, 0.4) is 0 Å². The maximum Gasteiger partial charge on any atom is 0.255 e. The predicted octanol–water partition coefficient (Wildman–Crippen LogP) is 2.22. The first kappa shape index (κ1) is 11.4. The fourth-order valence-corrected chi connectivity index (χ4v) is 1.99. The van der Waals surface area contributed by atoms with Crippen molar-refractivity contribution in [1.82, 2.24) is 14.5 Å². The van der Waals surface area contributed by atoms with Gasteiger partial charge in [0, 0.05) is 29.7 Å². The summed E-state index contributed by atoms with van der Waals surface area (Å²) < 4.78 is 2.02. The molecule has 1 aromatic carbocycles. The number of fused-ring (bicyclic) bond motifs is 1. The van der Waals surface area contributed by atoms with E-state index in [1.807, 2.05) is 42.1 Å². The number of nitrogens with one attached hydrogen (secondary N) is 1. The zero-order valence-electron chi connectivity index (χ0n) is 10.4. The summed E-state index contributed by atoms with van der Waals surface area (Å²) in [5, 5.41) is 3.80. The number of nitrogens with zero attached hydrogens (tertiary/aromatic N) is 3. The van der Waals surface area contributed by atoms with Gasteiger partial charge in [0.25, 0.3) is 5.91 Å². The Morgan fingerprint density at radius 2 is 2.00 bits per heavy atom. The second kappa shape index (κ2) is 4.53. The van der Waals surface area contributed by atoms with Crippen molar-refractivity contribution in [2.75, 3.05) is 5.32 Å². The summed E-state index contributed by atoms with van der Waals surface area (Å²) >= 11 is 0. The molecule has 0 bridgehead atoms. The zero-order valence-corrected chi connectivity index (χ0v) is 10.4. The van der Waals surface area contributed by atoms with E-state index in [1.54, 1.807) is 12.4 Å². The number of aromatic nitrogens is 3. The zero-order chi connectivity index (χ0) is 13.2. The molecule has 5 heteroatoms. The molecule has 0 aliphatic rings. The fraction of sp³-hybridized carbons (Fsp3) is 0.0714. The minimum Gasteiger partial charge on any atom is -0.351 e. The summed E-state index contributed by atoms with van der Waals surface area (Å²) in [6, 6.07) is 7.60. The molecular weight excluding hydrogens is 240 g/mol. The minimum absolute atomic E-state index is 0.166. The van der Waals surface area contributed by atoms with Gasteiger partial charge in [0.1, 0.15) is 6.33 Å². The van der Waals surface area contributed by atoms with Crippen molar-refractivity contribution in [2.24, 2.45) is 7.05 Å². The van der Waals surface area contributed by atoms with Crippen LogP contribution in [0.25, 0.3) is 10.9 Å². The summed E-state index contributed by atoms with van der Waals surface area (Å²) in [5.41, 5.74) is 2.29. The first-order valence-electron chi connectivity index (χ1n) is 5.85. The quantitative estimate of drug-likeness (QED) is 0.760. The topological polar surface area (TPSA) is 59.8 Å². The molecule has 1 N–H and O–H groups in total. The number of carbonyl (C=O) groups is 1. The highest BCUT2D eigenvalue weighted by Gasteiger charge is 2.08. The monoisotopic (exact) mass is 252 g/mol. The molecule has 5 nitrogen and oxygen atoms in total. The highest BCUT2D eigenvalue weighted by molar-refractivity contribution is 6.06. The molecule has 1 amide bonds. The SMILES string of the molecule is Cn1ccc2cc(C(=O)Nc3cncnc3)ccc21. The van der Waals surface area contributed by atoms with Gasteiger partial charge in [-0.15, -0.1) is 0 Å². The van der Waals surface area contributed by atoms with Crippen LogP contribution in [-0.4, -0.2) is 20.4 Å². The Morgan fingerprint density at radius 1 is 1.21 bits per heavy atom. The summed E-state index contributed by atoms with van der Waals surface area (Å²) in [6.07, 6.45) is 6.51. The number of aryl methyl sites for hydroxylation is 1. The average molecular weight is 252 g/mol. The fourth-order valence-electron chi connectivity index (χ4n) is 1.99. The first-order valence-corrected chi connectivity index (χ1v) is 5.85. The number of carbonyl (C=O) groups excluding carboxylic acids is 1. The van der Waals surface area contributed by atoms with Gasteiger partial charge in [-0.05, 0) is 24.3 Å². The molecule has 0 aliphatic heterocycles. The second-order valence-electron chi connectivity index (χ2n) is 4.28. The third-order valence-corrected chi connectivity index (χ3v) is 2.97. The first-order chi connectivity index (χ1) is 9.24. The summed E-state index contributed by atoms with van der Waals surface area (Å²) in [5.74, 6) is -0.166. The van der Waals surface area contributed by atoms with E-state index in [-0.39, 0.29) is 5.91 Å². The molecule has 3 rings (SSSR count). The van der Waals surface area contributed by atoms with E-state index < -0.39 is 0 Å². The minimum atomic E-state index is -0.166. The molecule has 0 unspecified atom stereocenters. The van der Waals surface area contributed by atoms with E-state index >= 15 is 0 Å². The smallest absolute Gasteiger partial charge is 0.255 e. The molecule has 0 saturated heterocycles. The molecule has 2 heterocycles. The lowest BCUT2D eigenvalue weighted by Gasteiger charge is -2.04. The molecular formula is C14H12N4O. The van der Waals surface area contributed by atoms with Gasteiger partial charge in [0.05, 0.1) is 18.1 Å². The average Bonchev–Trinajstić information content (AvgIpc) is 2.81. The number of anilines is 1. The maximum atomic E-state index is 12.1. The number of hydrogen-bond donors (Lipinski definition) is 1. The lowest BCUT2D eigenvalue weighted by molar-refractivity contribution is 0.102. The predicted molar refractivity (Wildman–Crippen MR) is 72.9 cm³/mol. The van der Waals surface area contributed by atoms with Crippen molar-refractivity contribution in [3.05, 3.63) is 54.7 Å². The van der Waals surface area contributed by atoms with Crippen LogP contribution in [0.1, 0.15) is 10.4 Å². The normalized spacial score (nSPS) is 10.6. The number of amides is 1. The van der Waals surface area contributed by atoms with Crippen molar-refractivity contribution in [1.29, 1.82) is 0 Å². The number of benzene rings is 1. The lowest BCUT2D eigenvalue weighted by Crippen LogP contribution is -2.12. The number of hydrogen-bond acceptors (Lipinski definition) is 3. The molecule has 0 fully saturated rings. The van der Waals surface area contributed by atoms with Crippen molar-refractivity contribution in [3.63, 3.8) is 0 Å². The van der Waals surface area contributed by atoms with Gasteiger partial charge >= 0.3 is 0 Å². The molecule has 0 spiro atoms. The Kier molecular flexibility index (Phi) is 2.72. The van der Waals surface area contributed by atoms with Crippen molar-refractivity contribution < 1.29 is 4.79 Å². The van der Waals surface area contributed by atoms with Crippen LogP contribution in [0.5, 0.6) is 0 Å². The summed E-state index contributed by atoms with van der Waals surface area (Å²) in [4.78, 5) is 19.8. The molecule has 0 radical (unpaired) electrons. The van der Waals surface area contributed by atoms with Gasteiger partial charge in [-0.1, -0.05) is 0 Å². The molecule has 2 aromatic heterocycles. The second-order valence-corrected chi connectivity index (χ2v) is 4.28. The van der Waals surface area contributed by atoms with Crippen LogP contribution in [0.2, 0.25) is 0 Å². The van der Waals surface area contributed by atoms with E-state index in [0.717, 1.165) is 10.9 Å². The van der Waals surface area contributed by atoms with Crippen molar-refractivity contribution in [2.45, 2.75) is 0 Å². The van der Waals surface area contributed by atoms with Crippen LogP contribution < -0.4 is 5.32 Å². The maximum absolute atomic E-state index is 12.1. The molecule has 0 saturated carbocycles. The van der Waals surface area contributed by atoms with Crippen molar-refractivity contribution >= 4 is 22.5 Å². The van der Waals surface area contributed by atoms with Gasteiger partial charge in [-0.3, -0.25) is 4.79 Å². The Bertz CT molecular complexity index is 734. The molecule has 0 aliphatic carbocycles. The lowest BCUT2D eigenvalue weighted by atomic mass is 10.1. The summed E-state index contributed by atoms with van der Waals surface area (Å²) in [7, 11) is 1.98. The van der Waals surface area contributed by atoms with Crippen LogP contribution >= 0.6 is 0 Å². The van der Waals surface area contributed by atoms with Crippen LogP contribution in [0.4, 0.5) is 5.69 Å². The Morgan fingerprint density at radius 3 is 2.79 bits per heavy atom. The van der Waals surface area contributed by atoms with Gasteiger partial charge in [-0.2, -0.15) is 0 Å². The van der Waals surface area contributed by atoms with Crippen LogP contribution in [-0.2, 0) is 7.05 Å². The molecule has 19 heavy (non-hydrogen) atoms. The Hall–Kier alpha value is -2.69. The van der Waals surface area contributed by atoms with Crippen LogP contribution in [0, 0.1) is 0 Å². The molecule has 3 aromatic rings. The van der Waals surface area contributed by atoms with E-state index in [0.29, 0.717) is 11.3 Å². The Labute approximate surface area is 109 Å². The third-order valence-electron chi connectivity index (χ3n) is 2.97. The Balaban J connectivity index is 1.89. The van der Waals surface area contributed by atoms with Crippen LogP contribution in [0.15, 0.2) is 49.2 Å². The van der Waals surface area contributed by atoms with E-state index in [9.17, 15) is 4.79 Å². The number of rotatable bonds is 2.